The van der Waals surface area contributed by atoms with Crippen molar-refractivity contribution in [3.8, 4) is 17.3 Å². The molecule has 4 aromatic rings. The van der Waals surface area contributed by atoms with Crippen molar-refractivity contribution in [3.05, 3.63) is 47.3 Å². The van der Waals surface area contributed by atoms with Gasteiger partial charge in [0, 0.05) is 59.7 Å². The van der Waals surface area contributed by atoms with Crippen LogP contribution in [0.2, 0.25) is 0 Å². The lowest BCUT2D eigenvalue weighted by Crippen LogP contribution is -2.78. The van der Waals surface area contributed by atoms with E-state index in [-0.39, 0.29) is 36.8 Å². The first-order valence-corrected chi connectivity index (χ1v) is 17.1. The predicted molar refractivity (Wildman–Crippen MR) is 175 cm³/mol. The summed E-state index contributed by atoms with van der Waals surface area (Å²) in [7, 11) is 1.62. The molecule has 6 aliphatic rings. The molecule has 10 rings (SSSR count). The third-order valence-electron chi connectivity index (χ3n) is 12.5. The topological polar surface area (TPSA) is 134 Å². The van der Waals surface area contributed by atoms with Crippen LogP contribution in [0.3, 0.4) is 0 Å². The zero-order chi connectivity index (χ0) is 32.6. The van der Waals surface area contributed by atoms with Crippen molar-refractivity contribution >= 4 is 28.5 Å². The first kappa shape index (κ1) is 29.2. The van der Waals surface area contributed by atoms with Gasteiger partial charge in [-0.15, -0.1) is 0 Å². The van der Waals surface area contributed by atoms with E-state index in [1.807, 2.05) is 47.4 Å². The molecule has 0 radical (unpaired) electrons. The van der Waals surface area contributed by atoms with E-state index in [2.05, 4.69) is 10.6 Å². The lowest BCUT2D eigenvalue weighted by atomic mass is 9.33. The fourth-order valence-corrected chi connectivity index (χ4v) is 9.83. The van der Waals surface area contributed by atoms with E-state index in [4.69, 9.17) is 26.2 Å². The number of imidazole rings is 1. The number of hydrogen-bond donors (Lipinski definition) is 2. The maximum absolute atomic E-state index is 15.4. The van der Waals surface area contributed by atoms with Gasteiger partial charge in [-0.2, -0.15) is 0 Å². The number of nitrogens with zero attached hydrogens (tertiary/aromatic N) is 5. The summed E-state index contributed by atoms with van der Waals surface area (Å²) in [4.78, 5) is 38.4. The number of carbonyl (C=O) groups excluding carboxylic acids is 2. The normalized spacial score (nSPS) is 31.6. The highest BCUT2D eigenvalue weighted by Gasteiger charge is 2.80. The first-order valence-electron chi connectivity index (χ1n) is 17.1. The Kier molecular flexibility index (Phi) is 6.07. The monoisotopic (exact) mass is 639 g/mol. The molecule has 246 valence electrons. The van der Waals surface area contributed by atoms with Gasteiger partial charge >= 0.3 is 0 Å². The lowest BCUT2D eigenvalue weighted by Gasteiger charge is -2.71. The molecule has 47 heavy (non-hydrogen) atoms. The van der Waals surface area contributed by atoms with Crippen molar-refractivity contribution in [1.82, 2.24) is 23.8 Å². The Bertz CT molecular complexity index is 1990. The molecule has 1 saturated heterocycles. The second kappa shape index (κ2) is 9.78. The summed E-state index contributed by atoms with van der Waals surface area (Å²) in [5, 5.41) is 0.977. The molecule has 5 atom stereocenters. The standard InChI is InChI=1S/C36H42FN7O3/c1-18(31-35(34(39)46)16-36(31,37)17-35)26-9-7-22-11-27(43(32(22)40-26)14-20-4-5-20)30-19(2)44-28(41-30)12-23(13-29(44)47-3)33(45)42-15-25(38)21-6-8-24(42)10-21/h7,9,11-13,18,20-21,24-25,31H,4-6,8,10,14-17,38H2,1-3H3,(H2,39,46)/t18-,21+,24-,25-,31?,35?,36?/m0/s1. The maximum atomic E-state index is 15.4. The lowest BCUT2D eigenvalue weighted by molar-refractivity contribution is -0.272. The summed E-state index contributed by atoms with van der Waals surface area (Å²) >= 11 is 0. The molecule has 6 fully saturated rings. The van der Waals surface area contributed by atoms with Gasteiger partial charge in [0.2, 0.25) is 5.91 Å². The number of halogens is 1. The average molecular weight is 640 g/mol. The summed E-state index contributed by atoms with van der Waals surface area (Å²) in [5.41, 5.74) is 15.6. The number of fused-ring (bicyclic) bond motifs is 4. The van der Waals surface area contributed by atoms with E-state index in [9.17, 15) is 9.59 Å². The number of alkyl halides is 1. The predicted octanol–water partition coefficient (Wildman–Crippen LogP) is 4.74. The van der Waals surface area contributed by atoms with Crippen LogP contribution in [-0.4, -0.2) is 67.1 Å². The van der Waals surface area contributed by atoms with E-state index in [0.29, 0.717) is 35.5 Å². The molecular weight excluding hydrogens is 597 g/mol. The number of rotatable bonds is 8. The number of ether oxygens (including phenoxy) is 1. The summed E-state index contributed by atoms with van der Waals surface area (Å²) in [6.07, 6.45) is 5.83. The second-order valence-corrected chi connectivity index (χ2v) is 15.3. The third-order valence-corrected chi connectivity index (χ3v) is 12.5. The van der Waals surface area contributed by atoms with Crippen molar-refractivity contribution in [1.29, 1.82) is 0 Å². The second-order valence-electron chi connectivity index (χ2n) is 15.3. The number of amides is 2. The molecule has 2 amide bonds. The molecule has 1 unspecified atom stereocenters. The van der Waals surface area contributed by atoms with Crippen LogP contribution in [0.25, 0.3) is 28.1 Å². The highest BCUT2D eigenvalue weighted by atomic mass is 19.1. The van der Waals surface area contributed by atoms with Crippen molar-refractivity contribution in [2.75, 3.05) is 13.7 Å². The Morgan fingerprint density at radius 2 is 1.91 bits per heavy atom. The maximum Gasteiger partial charge on any atom is 0.254 e. The van der Waals surface area contributed by atoms with Crippen LogP contribution < -0.4 is 16.2 Å². The quantitative estimate of drug-likeness (QED) is 0.286. The van der Waals surface area contributed by atoms with Crippen LogP contribution in [0.15, 0.2) is 30.3 Å². The summed E-state index contributed by atoms with van der Waals surface area (Å²) < 4.78 is 25.5. The van der Waals surface area contributed by atoms with Crippen LogP contribution in [0.4, 0.5) is 4.39 Å². The van der Waals surface area contributed by atoms with Gasteiger partial charge in [-0.3, -0.25) is 14.0 Å². The van der Waals surface area contributed by atoms with E-state index < -0.39 is 22.9 Å². The number of piperidine rings is 1. The van der Waals surface area contributed by atoms with Crippen LogP contribution in [0.5, 0.6) is 5.88 Å². The molecule has 10 nitrogen and oxygen atoms in total. The minimum absolute atomic E-state index is 0.0101. The molecule has 11 heteroatoms. The number of methoxy groups -OCH3 is 1. The Labute approximate surface area is 272 Å². The number of hydrogen-bond acceptors (Lipinski definition) is 6. The molecule has 4 N–H and O–H groups in total. The van der Waals surface area contributed by atoms with E-state index in [1.165, 1.54) is 0 Å². The summed E-state index contributed by atoms with van der Waals surface area (Å²) in [5.74, 6) is 0.503. The number of likely N-dealkylation sites (tertiary alicyclic amines) is 1. The zero-order valence-corrected chi connectivity index (χ0v) is 27.2. The molecule has 0 spiro atoms. The Morgan fingerprint density at radius 1 is 1.13 bits per heavy atom. The molecule has 5 heterocycles. The largest absolute Gasteiger partial charge is 0.482 e. The smallest absolute Gasteiger partial charge is 0.254 e. The number of aryl methyl sites for hydroxylation is 1. The van der Waals surface area contributed by atoms with Gasteiger partial charge in [0.15, 0.2) is 5.88 Å². The van der Waals surface area contributed by atoms with Gasteiger partial charge in [0.05, 0.1) is 23.9 Å². The minimum Gasteiger partial charge on any atom is -0.482 e. The molecule has 5 saturated carbocycles. The van der Waals surface area contributed by atoms with Gasteiger partial charge in [-0.05, 0) is 88.0 Å². The van der Waals surface area contributed by atoms with Crippen molar-refractivity contribution in [3.63, 3.8) is 0 Å². The minimum atomic E-state index is -1.33. The van der Waals surface area contributed by atoms with E-state index in [0.717, 1.165) is 72.5 Å². The van der Waals surface area contributed by atoms with Crippen LogP contribution >= 0.6 is 0 Å². The average Bonchev–Trinajstić information content (AvgIpc) is 3.50. The summed E-state index contributed by atoms with van der Waals surface area (Å²) in [6.45, 7) is 5.37. The fourth-order valence-electron chi connectivity index (χ4n) is 9.83. The molecule has 1 aliphatic heterocycles. The van der Waals surface area contributed by atoms with Gasteiger partial charge in [0.25, 0.3) is 5.91 Å². The molecule has 4 aromatic heterocycles. The Hall–Kier alpha value is -3.99. The number of aromatic nitrogens is 4. The first-order chi connectivity index (χ1) is 22.5. The molecule has 0 aromatic carbocycles. The van der Waals surface area contributed by atoms with Crippen LogP contribution in [0.1, 0.15) is 79.5 Å². The Morgan fingerprint density at radius 3 is 2.62 bits per heavy atom. The highest BCUT2D eigenvalue weighted by molar-refractivity contribution is 5.96. The van der Waals surface area contributed by atoms with Crippen LogP contribution in [0, 0.1) is 30.1 Å². The molecular formula is C36H42FN7O3. The van der Waals surface area contributed by atoms with E-state index in [1.54, 1.807) is 7.11 Å². The van der Waals surface area contributed by atoms with Gasteiger partial charge < -0.3 is 25.7 Å². The zero-order valence-electron chi connectivity index (χ0n) is 27.2. The van der Waals surface area contributed by atoms with E-state index >= 15 is 4.39 Å². The fraction of sp³-hybridized carbons (Fsp3) is 0.556. The third kappa shape index (κ3) is 4.04. The SMILES string of the molecule is COc1cc(C(=O)N2C[C@H](N)[C@@H]3CC[C@H]2C3)cc2nc(-c3cc4ccc([C@H](C)C5C6(F)CC5(C(N)=O)C6)nc4n3CC3CC3)c(C)n12. The van der Waals surface area contributed by atoms with Crippen LogP contribution in [-0.2, 0) is 11.3 Å². The number of nitrogens with two attached hydrogens (primary N) is 2. The van der Waals surface area contributed by atoms with Gasteiger partial charge in [0.1, 0.15) is 22.7 Å². The van der Waals surface area contributed by atoms with Crippen molar-refractivity contribution < 1.29 is 18.7 Å². The van der Waals surface area contributed by atoms with Gasteiger partial charge in [-0.1, -0.05) is 6.92 Å². The molecule has 5 aliphatic carbocycles. The Balaban J connectivity index is 1.11. The van der Waals surface area contributed by atoms with Gasteiger partial charge in [-0.25, -0.2) is 14.4 Å². The number of carbonyl (C=O) groups is 2. The van der Waals surface area contributed by atoms with Crippen molar-refractivity contribution in [2.24, 2.45) is 34.6 Å². The summed E-state index contributed by atoms with van der Waals surface area (Å²) in [6, 6.07) is 10.1. The number of pyridine rings is 2. The van der Waals surface area contributed by atoms with Crippen molar-refractivity contribution in [2.45, 2.75) is 89.0 Å². The molecule has 4 bridgehead atoms. The number of primary amides is 1. The highest BCUT2D eigenvalue weighted by Crippen LogP contribution is 2.76.